The quantitative estimate of drug-likeness (QED) is 0.798. The molecule has 0 aliphatic rings. The lowest BCUT2D eigenvalue weighted by Crippen LogP contribution is -2.19. The molecule has 4 nitrogen and oxygen atoms in total. The molecule has 2 aromatic heterocycles. The van der Waals surface area contributed by atoms with Gasteiger partial charge in [-0.1, -0.05) is 16.9 Å². The number of pyridine rings is 1. The minimum Gasteiger partial charge on any atom is -0.266 e. The first-order valence-corrected chi connectivity index (χ1v) is 11.1. The van der Waals surface area contributed by atoms with Crippen LogP contribution in [0.3, 0.4) is 0 Å². The number of hydrogen-bond acceptors (Lipinski definition) is 3. The predicted octanol–water partition coefficient (Wildman–Crippen LogP) is 2.52. The average molecular weight is 289 g/mol. The van der Waals surface area contributed by atoms with E-state index in [2.05, 4.69) is 27.8 Å². The molecule has 0 aliphatic carbocycles. The van der Waals surface area contributed by atoms with E-state index < -0.39 is 7.45 Å². The zero-order valence-corrected chi connectivity index (χ0v) is 12.8. The van der Waals surface area contributed by atoms with E-state index in [1.165, 1.54) is 0 Å². The summed E-state index contributed by atoms with van der Waals surface area (Å²) in [7, 11) is 5.43. The highest BCUT2D eigenvalue weighted by atomic mass is 32.6. The molecule has 2 heterocycles. The van der Waals surface area contributed by atoms with Gasteiger partial charge in [-0.15, -0.1) is 8.93 Å². The largest absolute Gasteiger partial charge is 0.283 e. The predicted molar refractivity (Wildman–Crippen MR) is 78.6 cm³/mol. The molecule has 0 spiro atoms. The van der Waals surface area contributed by atoms with E-state index in [-0.39, 0.29) is 5.56 Å². The molecule has 2 aromatic rings. The molecule has 8 heteroatoms. The molecule has 4 unspecified atom stereocenters. The van der Waals surface area contributed by atoms with Gasteiger partial charge in [-0.25, -0.2) is 9.97 Å². The fraction of sp³-hybridized carbons (Fsp3) is 0.125. The summed E-state index contributed by atoms with van der Waals surface area (Å²) >= 11 is 0. The smallest absolute Gasteiger partial charge is 0.266 e. The molecule has 84 valence electrons. The Labute approximate surface area is 100 Å². The standard InChI is InChI=1S/C8H11N3OP4/c1-5-10-6-3-2-4-9-7(6)8(12)11(5)16(14)15-13/h2-4,15H,13-14H2,1H3. The topological polar surface area (TPSA) is 47.8 Å². The van der Waals surface area contributed by atoms with Crippen LogP contribution in [0.2, 0.25) is 0 Å². The molecule has 0 amide bonds. The van der Waals surface area contributed by atoms with Crippen LogP contribution < -0.4 is 5.56 Å². The number of fused-ring (bicyclic) bond motifs is 1. The number of aromatic nitrogens is 3. The van der Waals surface area contributed by atoms with Crippen LogP contribution in [0.15, 0.2) is 23.1 Å². The Morgan fingerprint density at radius 3 is 3.00 bits per heavy atom. The fourth-order valence-corrected chi connectivity index (χ4v) is 5.10. The third kappa shape index (κ3) is 2.18. The molecule has 0 aromatic carbocycles. The van der Waals surface area contributed by atoms with Crippen molar-refractivity contribution in [1.82, 2.24) is 14.3 Å². The van der Waals surface area contributed by atoms with E-state index in [4.69, 9.17) is 0 Å². The fourth-order valence-electron chi connectivity index (χ4n) is 1.43. The lowest BCUT2D eigenvalue weighted by Gasteiger charge is -2.15. The number of hydrogen-bond donors (Lipinski definition) is 0. The zero-order chi connectivity index (χ0) is 11.7. The first-order valence-electron chi connectivity index (χ1n) is 4.51. The van der Waals surface area contributed by atoms with Crippen LogP contribution in [0, 0.1) is 6.92 Å². The highest BCUT2D eigenvalue weighted by Gasteiger charge is 2.12. The van der Waals surface area contributed by atoms with Gasteiger partial charge >= 0.3 is 0 Å². The molecule has 0 N–H and O–H groups in total. The first-order chi connectivity index (χ1) is 7.65. The van der Waals surface area contributed by atoms with Gasteiger partial charge < -0.3 is 0 Å². The molecule has 16 heavy (non-hydrogen) atoms. The summed E-state index contributed by atoms with van der Waals surface area (Å²) in [5.74, 6) is 0.751. The Kier molecular flexibility index (Phi) is 3.98. The van der Waals surface area contributed by atoms with Gasteiger partial charge in [0.25, 0.3) is 5.56 Å². The Balaban J connectivity index is 2.81. The van der Waals surface area contributed by atoms with Crippen molar-refractivity contribution >= 4 is 44.3 Å². The van der Waals surface area contributed by atoms with Gasteiger partial charge in [-0.2, -0.15) is 0 Å². The van der Waals surface area contributed by atoms with Crippen molar-refractivity contribution in [3.8, 4) is 0 Å². The molecule has 4 atom stereocenters. The van der Waals surface area contributed by atoms with Crippen LogP contribution in [-0.4, -0.2) is 14.3 Å². The molecule has 0 saturated heterocycles. The highest BCUT2D eigenvalue weighted by molar-refractivity contribution is 8.60. The van der Waals surface area contributed by atoms with Crippen LogP contribution in [0.4, 0.5) is 0 Å². The summed E-state index contributed by atoms with van der Waals surface area (Å²) in [5, 5.41) is 0. The normalized spacial score (nSPS) is 13.7. The van der Waals surface area contributed by atoms with Crippen molar-refractivity contribution < 1.29 is 0 Å². The van der Waals surface area contributed by atoms with Crippen LogP contribution in [0.5, 0.6) is 0 Å². The Hall–Kier alpha value is 0.01000. The van der Waals surface area contributed by atoms with Gasteiger partial charge in [0, 0.05) is 13.6 Å². The maximum atomic E-state index is 12.2. The highest BCUT2D eigenvalue weighted by Crippen LogP contribution is 2.66. The van der Waals surface area contributed by atoms with Gasteiger partial charge in [0.05, 0.1) is 5.52 Å². The van der Waals surface area contributed by atoms with Gasteiger partial charge in [-0.05, 0) is 19.1 Å². The van der Waals surface area contributed by atoms with E-state index in [1.54, 1.807) is 16.6 Å². The van der Waals surface area contributed by atoms with Gasteiger partial charge in [0.1, 0.15) is 5.82 Å². The van der Waals surface area contributed by atoms with Crippen molar-refractivity contribution in [3.05, 3.63) is 34.5 Å². The molecule has 0 bridgehead atoms. The van der Waals surface area contributed by atoms with Gasteiger partial charge in [-0.3, -0.25) is 9.13 Å². The average Bonchev–Trinajstić information content (AvgIpc) is 2.28. The monoisotopic (exact) mass is 289 g/mol. The van der Waals surface area contributed by atoms with Crippen LogP contribution >= 0.6 is 33.3 Å². The second kappa shape index (κ2) is 5.11. The van der Waals surface area contributed by atoms with E-state index in [9.17, 15) is 4.79 Å². The Morgan fingerprint density at radius 2 is 2.31 bits per heavy atom. The minimum atomic E-state index is -0.579. The minimum absolute atomic E-state index is 0.0424. The molecule has 0 fully saturated rings. The zero-order valence-electron chi connectivity index (χ0n) is 8.58. The summed E-state index contributed by atoms with van der Waals surface area (Å²) in [6.07, 6.45) is 1.62. The lowest BCUT2D eigenvalue weighted by molar-refractivity contribution is 0.989. The summed E-state index contributed by atoms with van der Waals surface area (Å²) < 4.78 is 1.74. The Bertz CT molecular complexity index is 585. The first kappa shape index (κ1) is 12.5. The lowest BCUT2D eigenvalue weighted by atomic mass is 10.3. The molecule has 0 radical (unpaired) electrons. The van der Waals surface area contributed by atoms with Crippen molar-refractivity contribution in [3.63, 3.8) is 0 Å². The summed E-state index contributed by atoms with van der Waals surface area (Å²) in [6.45, 7) is 1.86. The number of aryl methyl sites for hydroxylation is 1. The summed E-state index contributed by atoms with van der Waals surface area (Å²) in [6, 6.07) is 3.61. The van der Waals surface area contributed by atoms with Gasteiger partial charge in [0.15, 0.2) is 5.52 Å². The SMILES string of the molecule is Cc1nc2cccnc2c(=O)n1P(P)PP. The molecular weight excluding hydrogens is 278 g/mol. The van der Waals surface area contributed by atoms with Crippen molar-refractivity contribution in [2.45, 2.75) is 6.92 Å². The van der Waals surface area contributed by atoms with E-state index in [0.29, 0.717) is 19.0 Å². The maximum absolute atomic E-state index is 12.2. The molecule has 0 saturated carbocycles. The van der Waals surface area contributed by atoms with Crippen LogP contribution in [-0.2, 0) is 0 Å². The van der Waals surface area contributed by atoms with Gasteiger partial charge in [0.2, 0.25) is 0 Å². The van der Waals surface area contributed by atoms with Crippen LogP contribution in [0.1, 0.15) is 5.82 Å². The van der Waals surface area contributed by atoms with Crippen molar-refractivity contribution in [1.29, 1.82) is 0 Å². The number of rotatable bonds is 2. The van der Waals surface area contributed by atoms with E-state index >= 15 is 0 Å². The Morgan fingerprint density at radius 1 is 1.56 bits per heavy atom. The third-order valence-corrected chi connectivity index (χ3v) is 11.8. The molecule has 0 aliphatic heterocycles. The molecule has 2 rings (SSSR count). The van der Waals surface area contributed by atoms with Crippen molar-refractivity contribution in [2.24, 2.45) is 0 Å². The second-order valence-corrected chi connectivity index (χ2v) is 12.0. The second-order valence-electron chi connectivity index (χ2n) is 3.12. The van der Waals surface area contributed by atoms with E-state index in [1.807, 2.05) is 13.0 Å². The summed E-state index contributed by atoms with van der Waals surface area (Å²) in [5.41, 5.74) is 1.08. The summed E-state index contributed by atoms with van der Waals surface area (Å²) in [4.78, 5) is 20.7. The van der Waals surface area contributed by atoms with Crippen molar-refractivity contribution in [2.75, 3.05) is 0 Å². The van der Waals surface area contributed by atoms with E-state index in [0.717, 1.165) is 5.82 Å². The number of nitrogens with zero attached hydrogens (tertiary/aromatic N) is 3. The third-order valence-electron chi connectivity index (χ3n) is 2.12. The maximum Gasteiger partial charge on any atom is 0.283 e. The van der Waals surface area contributed by atoms with Crippen LogP contribution in [0.25, 0.3) is 11.0 Å². The molecular formula is C8H11N3OP4.